The average Bonchev–Trinajstić information content (AvgIpc) is 2.57. The quantitative estimate of drug-likeness (QED) is 0.368. The zero-order chi connectivity index (χ0) is 20.4. The van der Waals surface area contributed by atoms with Crippen molar-refractivity contribution in [2.45, 2.75) is 80.6 Å². The zero-order valence-corrected chi connectivity index (χ0v) is 18.7. The number of aryl methyl sites for hydroxylation is 2. The first-order valence-electron chi connectivity index (χ1n) is 9.98. The molecule has 0 aliphatic carbocycles. The van der Waals surface area contributed by atoms with Crippen molar-refractivity contribution >= 4 is 10.8 Å². The highest BCUT2D eigenvalue weighted by Gasteiger charge is 2.16. The summed E-state index contributed by atoms with van der Waals surface area (Å²) >= 11 is 0. The van der Waals surface area contributed by atoms with Gasteiger partial charge in [-0.1, -0.05) is 104 Å². The first-order chi connectivity index (χ1) is 12.4. The normalized spacial score (nSPS) is 11.5. The Bertz CT molecular complexity index is 886. The fraction of sp³-hybridized carbons (Fsp3) is 0.429. The topological polar surface area (TPSA) is 0 Å². The second-order valence-corrected chi connectivity index (χ2v) is 9.76. The molecule has 0 saturated carbocycles. The maximum absolute atomic E-state index is 2.31. The van der Waals surface area contributed by atoms with E-state index >= 15 is 0 Å². The predicted octanol–water partition coefficient (Wildman–Crippen LogP) is 8.68. The molecule has 0 spiro atoms. The van der Waals surface area contributed by atoms with Crippen LogP contribution in [0.15, 0.2) is 54.6 Å². The van der Waals surface area contributed by atoms with E-state index in [-0.39, 0.29) is 18.3 Å². The van der Waals surface area contributed by atoms with Gasteiger partial charge in [-0.15, -0.1) is 0 Å². The van der Waals surface area contributed by atoms with Crippen molar-refractivity contribution in [3.05, 3.63) is 82.4 Å². The number of hydrogen-bond donors (Lipinski definition) is 0. The minimum absolute atomic E-state index is 0. The van der Waals surface area contributed by atoms with Gasteiger partial charge in [-0.3, -0.25) is 0 Å². The summed E-state index contributed by atoms with van der Waals surface area (Å²) in [6.45, 7) is 20.1. The van der Waals surface area contributed by atoms with Gasteiger partial charge in [0.15, 0.2) is 0 Å². The van der Waals surface area contributed by atoms with Crippen LogP contribution in [-0.4, -0.2) is 0 Å². The van der Waals surface area contributed by atoms with Crippen LogP contribution in [0.1, 0.15) is 76.8 Å². The van der Waals surface area contributed by atoms with Gasteiger partial charge >= 0.3 is 0 Å². The Hall–Kier alpha value is -2.08. The van der Waals surface area contributed by atoms with Gasteiger partial charge in [-0.05, 0) is 70.2 Å². The Labute approximate surface area is 174 Å². The predicted molar refractivity (Wildman–Crippen MR) is 129 cm³/mol. The molecule has 0 aliphatic rings. The molecule has 0 heterocycles. The number of fused-ring (bicyclic) bond motifs is 1. The van der Waals surface area contributed by atoms with Gasteiger partial charge < -0.3 is 0 Å². The lowest BCUT2D eigenvalue weighted by atomic mass is 9.84. The number of rotatable bonds is 0. The first kappa shape index (κ1) is 24.0. The second-order valence-electron chi connectivity index (χ2n) is 9.76. The van der Waals surface area contributed by atoms with E-state index < -0.39 is 0 Å². The van der Waals surface area contributed by atoms with E-state index in [4.69, 9.17) is 0 Å². The molecule has 0 radical (unpaired) electrons. The smallest absolute Gasteiger partial charge is 0.0126 e. The van der Waals surface area contributed by atoms with E-state index in [1.54, 1.807) is 0 Å². The van der Waals surface area contributed by atoms with Crippen LogP contribution in [0.3, 0.4) is 0 Å². The molecule has 0 fully saturated rings. The molecule has 152 valence electrons. The second kappa shape index (κ2) is 8.95. The molecule has 0 aromatic heterocycles. The fourth-order valence-electron chi connectivity index (χ4n) is 3.35. The Kier molecular flexibility index (Phi) is 7.66. The third-order valence-corrected chi connectivity index (χ3v) is 5.39. The Morgan fingerprint density at radius 2 is 1.11 bits per heavy atom. The van der Waals surface area contributed by atoms with Crippen LogP contribution in [0.2, 0.25) is 0 Å². The molecule has 0 atom stereocenters. The summed E-state index contributed by atoms with van der Waals surface area (Å²) in [5, 5.41) is 2.71. The molecule has 3 aromatic carbocycles. The van der Waals surface area contributed by atoms with Gasteiger partial charge in [0.1, 0.15) is 0 Å². The zero-order valence-electron chi connectivity index (χ0n) is 18.7. The van der Waals surface area contributed by atoms with Crippen molar-refractivity contribution in [3.63, 3.8) is 0 Å². The van der Waals surface area contributed by atoms with Gasteiger partial charge in [0.2, 0.25) is 0 Å². The van der Waals surface area contributed by atoms with Gasteiger partial charge in [0.05, 0.1) is 0 Å². The van der Waals surface area contributed by atoms with Crippen molar-refractivity contribution < 1.29 is 0 Å². The van der Waals surface area contributed by atoms with Crippen LogP contribution in [0.4, 0.5) is 0 Å². The van der Waals surface area contributed by atoms with E-state index in [1.807, 2.05) is 0 Å². The van der Waals surface area contributed by atoms with Crippen molar-refractivity contribution in [1.29, 1.82) is 0 Å². The van der Waals surface area contributed by atoms with Crippen LogP contribution in [0, 0.1) is 20.8 Å². The highest BCUT2D eigenvalue weighted by atomic mass is 14.2. The maximum Gasteiger partial charge on any atom is -0.0126 e. The van der Waals surface area contributed by atoms with E-state index in [0.29, 0.717) is 0 Å². The standard InChI is InChI=1S/C14H16.C13H20.CH4/c1-14(2,3)13-10-6-8-11-7-4-5-9-12(11)13;1-9-7-12(13(4,5)6)8-10(2)11(9)3;/h4-10H,1-3H3;7-8H,1-6H3;1H4. The van der Waals surface area contributed by atoms with Crippen molar-refractivity contribution in [2.75, 3.05) is 0 Å². The summed E-state index contributed by atoms with van der Waals surface area (Å²) < 4.78 is 0. The molecule has 0 bridgehead atoms. The third kappa shape index (κ3) is 5.71. The van der Waals surface area contributed by atoms with E-state index in [9.17, 15) is 0 Å². The molecule has 0 N–H and O–H groups in total. The maximum atomic E-state index is 2.31. The fourth-order valence-corrected chi connectivity index (χ4v) is 3.35. The van der Waals surface area contributed by atoms with E-state index in [0.717, 1.165) is 0 Å². The summed E-state index contributed by atoms with van der Waals surface area (Å²) in [5.74, 6) is 0. The lowest BCUT2D eigenvalue weighted by Gasteiger charge is -2.21. The molecule has 0 amide bonds. The summed E-state index contributed by atoms with van der Waals surface area (Å²) in [6.07, 6.45) is 0. The van der Waals surface area contributed by atoms with Gasteiger partial charge in [-0.25, -0.2) is 0 Å². The van der Waals surface area contributed by atoms with Gasteiger partial charge in [0.25, 0.3) is 0 Å². The van der Waals surface area contributed by atoms with Gasteiger partial charge in [-0.2, -0.15) is 0 Å². The Balaban J connectivity index is 0.000000271. The highest BCUT2D eigenvalue weighted by molar-refractivity contribution is 5.86. The van der Waals surface area contributed by atoms with Crippen LogP contribution in [-0.2, 0) is 10.8 Å². The molecular formula is C28H40. The van der Waals surface area contributed by atoms with Gasteiger partial charge in [0, 0.05) is 0 Å². The molecule has 0 nitrogen and oxygen atoms in total. The largest absolute Gasteiger partial charge is 0.0776 e. The monoisotopic (exact) mass is 376 g/mol. The Morgan fingerprint density at radius 3 is 1.61 bits per heavy atom. The molecule has 28 heavy (non-hydrogen) atoms. The minimum Gasteiger partial charge on any atom is -0.0776 e. The van der Waals surface area contributed by atoms with E-state index in [1.165, 1.54) is 38.6 Å². The molecule has 3 rings (SSSR count). The summed E-state index contributed by atoms with van der Waals surface area (Å²) in [7, 11) is 0. The first-order valence-corrected chi connectivity index (χ1v) is 9.98. The van der Waals surface area contributed by atoms with E-state index in [2.05, 4.69) is 117 Å². The summed E-state index contributed by atoms with van der Waals surface area (Å²) in [4.78, 5) is 0. The van der Waals surface area contributed by atoms with Crippen molar-refractivity contribution in [2.24, 2.45) is 0 Å². The molecule has 0 saturated heterocycles. The lowest BCUT2D eigenvalue weighted by molar-refractivity contribution is 0.589. The molecule has 3 aromatic rings. The summed E-state index contributed by atoms with van der Waals surface area (Å²) in [6, 6.07) is 19.7. The highest BCUT2D eigenvalue weighted by Crippen LogP contribution is 2.29. The van der Waals surface area contributed by atoms with Crippen LogP contribution in [0.25, 0.3) is 10.8 Å². The molecule has 0 unspecified atom stereocenters. The number of benzene rings is 3. The molecular weight excluding hydrogens is 336 g/mol. The molecule has 0 aliphatic heterocycles. The average molecular weight is 377 g/mol. The SMILES string of the molecule is C.CC(C)(C)c1cccc2ccccc12.Cc1cc(C(C)(C)C)cc(C)c1C. The van der Waals surface area contributed by atoms with Crippen LogP contribution >= 0.6 is 0 Å². The Morgan fingerprint density at radius 1 is 0.607 bits per heavy atom. The third-order valence-electron chi connectivity index (χ3n) is 5.39. The molecule has 0 heteroatoms. The van der Waals surface area contributed by atoms with Crippen LogP contribution < -0.4 is 0 Å². The van der Waals surface area contributed by atoms with Crippen molar-refractivity contribution in [1.82, 2.24) is 0 Å². The van der Waals surface area contributed by atoms with Crippen LogP contribution in [0.5, 0.6) is 0 Å². The minimum atomic E-state index is 0. The number of hydrogen-bond acceptors (Lipinski definition) is 0. The lowest BCUT2D eigenvalue weighted by Crippen LogP contribution is -2.12. The summed E-state index contributed by atoms with van der Waals surface area (Å²) in [5.41, 5.74) is 7.59. The van der Waals surface area contributed by atoms with Crippen molar-refractivity contribution in [3.8, 4) is 0 Å².